The van der Waals surface area contributed by atoms with Crippen molar-refractivity contribution >= 4 is 23.4 Å². The molecule has 0 aromatic heterocycles. The van der Waals surface area contributed by atoms with Gasteiger partial charge in [0.1, 0.15) is 0 Å². The van der Waals surface area contributed by atoms with Gasteiger partial charge in [0.15, 0.2) is 0 Å². The first-order chi connectivity index (χ1) is 6.19. The van der Waals surface area contributed by atoms with Crippen LogP contribution in [0.2, 0.25) is 5.02 Å². The molecule has 2 nitrogen and oxygen atoms in total. The highest BCUT2D eigenvalue weighted by Gasteiger charge is 2.07. The van der Waals surface area contributed by atoms with E-state index in [0.717, 1.165) is 10.5 Å². The van der Waals surface area contributed by atoms with E-state index in [9.17, 15) is 5.11 Å². The molecular weight excluding hydrogens is 206 g/mol. The van der Waals surface area contributed by atoms with E-state index in [1.54, 1.807) is 17.8 Å². The molecule has 0 saturated heterocycles. The first kappa shape index (κ1) is 10.9. The SMILES string of the molecule is CSc1ccc([C@@H](O)CN)cc1Cl. The largest absolute Gasteiger partial charge is 0.387 e. The number of rotatable bonds is 3. The van der Waals surface area contributed by atoms with E-state index in [1.165, 1.54) is 0 Å². The maximum atomic E-state index is 9.43. The van der Waals surface area contributed by atoms with Crippen LogP contribution in [0, 0.1) is 0 Å². The lowest BCUT2D eigenvalue weighted by atomic mass is 10.1. The van der Waals surface area contributed by atoms with E-state index < -0.39 is 6.10 Å². The molecule has 3 N–H and O–H groups in total. The van der Waals surface area contributed by atoms with Crippen LogP contribution in [0.25, 0.3) is 0 Å². The molecule has 1 aromatic carbocycles. The molecule has 1 aromatic rings. The maximum absolute atomic E-state index is 9.43. The molecule has 1 atom stereocenters. The zero-order valence-electron chi connectivity index (χ0n) is 7.33. The van der Waals surface area contributed by atoms with Crippen molar-refractivity contribution in [3.05, 3.63) is 28.8 Å². The van der Waals surface area contributed by atoms with Crippen LogP contribution in [0.5, 0.6) is 0 Å². The van der Waals surface area contributed by atoms with Crippen molar-refractivity contribution in [3.8, 4) is 0 Å². The van der Waals surface area contributed by atoms with Crippen LogP contribution in [-0.2, 0) is 0 Å². The lowest BCUT2D eigenvalue weighted by Crippen LogP contribution is -2.11. The van der Waals surface area contributed by atoms with Crippen LogP contribution in [-0.4, -0.2) is 17.9 Å². The fourth-order valence-corrected chi connectivity index (χ4v) is 1.90. The molecule has 72 valence electrons. The molecule has 0 aliphatic heterocycles. The fraction of sp³-hybridized carbons (Fsp3) is 0.333. The Morgan fingerprint density at radius 1 is 1.62 bits per heavy atom. The summed E-state index contributed by atoms with van der Waals surface area (Å²) in [6.07, 6.45) is 1.34. The predicted octanol–water partition coefficient (Wildman–Crippen LogP) is 2.05. The smallest absolute Gasteiger partial charge is 0.0912 e. The van der Waals surface area contributed by atoms with Crippen LogP contribution >= 0.6 is 23.4 Å². The van der Waals surface area contributed by atoms with Gasteiger partial charge in [-0.2, -0.15) is 0 Å². The second kappa shape index (κ2) is 4.86. The number of nitrogens with two attached hydrogens (primary N) is 1. The Morgan fingerprint density at radius 2 is 2.31 bits per heavy atom. The Hall–Kier alpha value is -0.220. The summed E-state index contributed by atoms with van der Waals surface area (Å²) in [6.45, 7) is 0.217. The Balaban J connectivity index is 2.95. The zero-order valence-corrected chi connectivity index (χ0v) is 8.90. The number of thioether (sulfide) groups is 1. The Labute approximate surface area is 87.1 Å². The van der Waals surface area contributed by atoms with Crippen molar-refractivity contribution in [2.75, 3.05) is 12.8 Å². The topological polar surface area (TPSA) is 46.2 Å². The standard InChI is InChI=1S/C9H12ClNOS/c1-13-9-3-2-6(4-7(9)10)8(12)5-11/h2-4,8,12H,5,11H2,1H3/t8-/m0/s1. The number of aliphatic hydroxyl groups is 1. The molecule has 0 saturated carbocycles. The minimum Gasteiger partial charge on any atom is -0.387 e. The van der Waals surface area contributed by atoms with Crippen LogP contribution < -0.4 is 5.73 Å². The molecular formula is C9H12ClNOS. The first-order valence-electron chi connectivity index (χ1n) is 3.90. The molecule has 13 heavy (non-hydrogen) atoms. The summed E-state index contributed by atoms with van der Waals surface area (Å²) in [6, 6.07) is 5.49. The van der Waals surface area contributed by atoms with Crippen LogP contribution in [0.3, 0.4) is 0 Å². The average molecular weight is 218 g/mol. The summed E-state index contributed by atoms with van der Waals surface area (Å²) in [4.78, 5) is 1.01. The highest BCUT2D eigenvalue weighted by Crippen LogP contribution is 2.27. The quantitative estimate of drug-likeness (QED) is 0.762. The van der Waals surface area contributed by atoms with Gasteiger partial charge < -0.3 is 10.8 Å². The van der Waals surface area contributed by atoms with Gasteiger partial charge in [-0.25, -0.2) is 0 Å². The summed E-state index contributed by atoms with van der Waals surface area (Å²) >= 11 is 7.54. The zero-order chi connectivity index (χ0) is 9.84. The van der Waals surface area contributed by atoms with Crippen molar-refractivity contribution in [2.45, 2.75) is 11.0 Å². The van der Waals surface area contributed by atoms with Gasteiger partial charge in [0.2, 0.25) is 0 Å². The van der Waals surface area contributed by atoms with Crippen LogP contribution in [0.15, 0.2) is 23.1 Å². The highest BCUT2D eigenvalue weighted by molar-refractivity contribution is 7.98. The van der Waals surface area contributed by atoms with Crippen molar-refractivity contribution in [1.29, 1.82) is 0 Å². The van der Waals surface area contributed by atoms with Gasteiger partial charge in [-0.05, 0) is 24.0 Å². The predicted molar refractivity (Wildman–Crippen MR) is 57.2 cm³/mol. The maximum Gasteiger partial charge on any atom is 0.0912 e. The third kappa shape index (κ3) is 2.61. The molecule has 1 rings (SSSR count). The first-order valence-corrected chi connectivity index (χ1v) is 5.51. The van der Waals surface area contributed by atoms with E-state index in [-0.39, 0.29) is 6.54 Å². The Morgan fingerprint density at radius 3 is 2.77 bits per heavy atom. The van der Waals surface area contributed by atoms with Gasteiger partial charge in [-0.1, -0.05) is 17.7 Å². The highest BCUT2D eigenvalue weighted by atomic mass is 35.5. The van der Waals surface area contributed by atoms with E-state index in [1.807, 2.05) is 18.4 Å². The molecule has 0 heterocycles. The molecule has 0 aliphatic carbocycles. The third-order valence-electron chi connectivity index (χ3n) is 1.78. The minimum absolute atomic E-state index is 0.217. The van der Waals surface area contributed by atoms with Gasteiger partial charge in [0.25, 0.3) is 0 Å². The van der Waals surface area contributed by atoms with E-state index in [2.05, 4.69) is 0 Å². The molecule has 0 bridgehead atoms. The van der Waals surface area contributed by atoms with Gasteiger partial charge in [0, 0.05) is 11.4 Å². The van der Waals surface area contributed by atoms with Gasteiger partial charge in [0.05, 0.1) is 11.1 Å². The summed E-state index contributed by atoms with van der Waals surface area (Å²) in [7, 11) is 0. The van der Waals surface area contributed by atoms with Gasteiger partial charge >= 0.3 is 0 Å². The second-order valence-corrected chi connectivity index (χ2v) is 3.90. The summed E-state index contributed by atoms with van der Waals surface area (Å²) in [5.41, 5.74) is 6.10. The van der Waals surface area contributed by atoms with Gasteiger partial charge in [-0.15, -0.1) is 11.8 Å². The lowest BCUT2D eigenvalue weighted by Gasteiger charge is -2.09. The Bertz CT molecular complexity index is 293. The lowest BCUT2D eigenvalue weighted by molar-refractivity contribution is 0.186. The summed E-state index contributed by atoms with van der Waals surface area (Å²) < 4.78 is 0. The summed E-state index contributed by atoms with van der Waals surface area (Å²) in [5, 5.41) is 10.1. The van der Waals surface area contributed by atoms with Crippen molar-refractivity contribution < 1.29 is 5.11 Å². The third-order valence-corrected chi connectivity index (χ3v) is 3.00. The number of hydrogen-bond donors (Lipinski definition) is 2. The minimum atomic E-state index is -0.617. The number of halogens is 1. The number of hydrogen-bond acceptors (Lipinski definition) is 3. The van der Waals surface area contributed by atoms with Crippen molar-refractivity contribution in [3.63, 3.8) is 0 Å². The fourth-order valence-electron chi connectivity index (χ4n) is 1.03. The van der Waals surface area contributed by atoms with Crippen molar-refractivity contribution in [1.82, 2.24) is 0 Å². The molecule has 0 amide bonds. The van der Waals surface area contributed by atoms with E-state index in [4.69, 9.17) is 17.3 Å². The molecule has 0 spiro atoms. The Kier molecular flexibility index (Phi) is 4.06. The van der Waals surface area contributed by atoms with Crippen LogP contribution in [0.4, 0.5) is 0 Å². The number of aliphatic hydroxyl groups excluding tert-OH is 1. The molecule has 0 fully saturated rings. The normalized spacial score (nSPS) is 12.9. The second-order valence-electron chi connectivity index (χ2n) is 2.65. The van der Waals surface area contributed by atoms with Crippen LogP contribution in [0.1, 0.15) is 11.7 Å². The van der Waals surface area contributed by atoms with E-state index >= 15 is 0 Å². The number of benzene rings is 1. The van der Waals surface area contributed by atoms with Crippen molar-refractivity contribution in [2.24, 2.45) is 5.73 Å². The average Bonchev–Trinajstić information content (AvgIpc) is 2.16. The monoisotopic (exact) mass is 217 g/mol. The molecule has 0 unspecified atom stereocenters. The molecule has 0 aliphatic rings. The van der Waals surface area contributed by atoms with E-state index in [0.29, 0.717) is 5.02 Å². The molecule has 4 heteroatoms. The van der Waals surface area contributed by atoms with Gasteiger partial charge in [-0.3, -0.25) is 0 Å². The summed E-state index contributed by atoms with van der Waals surface area (Å²) in [5.74, 6) is 0. The molecule has 0 radical (unpaired) electrons.